The van der Waals surface area contributed by atoms with Gasteiger partial charge in [-0.15, -0.1) is 0 Å². The lowest BCUT2D eigenvalue weighted by molar-refractivity contribution is 0.0697. The van der Waals surface area contributed by atoms with Crippen LogP contribution in [0, 0.1) is 0 Å². The maximum atomic E-state index is 12.1. The average molecular weight is 287 g/mol. The highest BCUT2D eigenvalue weighted by atomic mass is 16.4. The fraction of sp³-hybridized carbons (Fsp3) is 0.400. The van der Waals surface area contributed by atoms with Gasteiger partial charge in [0.15, 0.2) is 0 Å². The Morgan fingerprint density at radius 1 is 1.19 bits per heavy atom. The summed E-state index contributed by atoms with van der Waals surface area (Å²) >= 11 is 0. The minimum absolute atomic E-state index is 0.141. The van der Waals surface area contributed by atoms with Crippen molar-refractivity contribution in [3.05, 3.63) is 34.1 Å². The van der Waals surface area contributed by atoms with Crippen LogP contribution < -0.4 is 10.5 Å². The molecule has 0 amide bonds. The Hall–Kier alpha value is -2.37. The number of carboxylic acid groups (broad SMARTS) is 1. The van der Waals surface area contributed by atoms with Crippen molar-refractivity contribution < 1.29 is 9.90 Å². The summed E-state index contributed by atoms with van der Waals surface area (Å²) < 4.78 is 0. The average Bonchev–Trinajstić information content (AvgIpc) is 2.75. The van der Waals surface area contributed by atoms with E-state index in [1.54, 1.807) is 0 Å². The van der Waals surface area contributed by atoms with Gasteiger partial charge in [0.2, 0.25) is 5.95 Å². The van der Waals surface area contributed by atoms with Crippen molar-refractivity contribution in [3.8, 4) is 0 Å². The van der Waals surface area contributed by atoms with Crippen molar-refractivity contribution >= 4 is 22.8 Å². The molecule has 6 nitrogen and oxygen atoms in total. The first-order valence-corrected chi connectivity index (χ1v) is 7.17. The summed E-state index contributed by atoms with van der Waals surface area (Å²) in [5.74, 6) is -0.479. The van der Waals surface area contributed by atoms with Crippen molar-refractivity contribution in [3.63, 3.8) is 0 Å². The van der Waals surface area contributed by atoms with Crippen molar-refractivity contribution in [1.82, 2.24) is 9.97 Å². The highest BCUT2D eigenvalue weighted by Gasteiger charge is 2.14. The Morgan fingerprint density at radius 2 is 1.90 bits per heavy atom. The second-order valence-corrected chi connectivity index (χ2v) is 5.33. The molecule has 0 bridgehead atoms. The number of benzene rings is 1. The number of carboxylic acids is 1. The molecule has 0 unspecified atom stereocenters. The molecule has 110 valence electrons. The molecule has 1 aromatic heterocycles. The van der Waals surface area contributed by atoms with Crippen LogP contribution in [0.2, 0.25) is 0 Å². The van der Waals surface area contributed by atoms with Gasteiger partial charge in [0.25, 0.3) is 5.56 Å². The zero-order valence-electron chi connectivity index (χ0n) is 11.6. The number of aromatic amines is 1. The molecule has 0 saturated carbocycles. The summed E-state index contributed by atoms with van der Waals surface area (Å²) in [4.78, 5) is 32.5. The number of carbonyl (C=O) groups is 1. The Morgan fingerprint density at radius 3 is 2.57 bits per heavy atom. The van der Waals surface area contributed by atoms with Gasteiger partial charge in [-0.25, -0.2) is 9.78 Å². The van der Waals surface area contributed by atoms with E-state index in [4.69, 9.17) is 5.11 Å². The van der Waals surface area contributed by atoms with Gasteiger partial charge in [0, 0.05) is 13.1 Å². The normalized spacial score (nSPS) is 15.9. The van der Waals surface area contributed by atoms with E-state index in [-0.39, 0.29) is 11.1 Å². The summed E-state index contributed by atoms with van der Waals surface area (Å²) in [6, 6.07) is 4.39. The fourth-order valence-electron chi connectivity index (χ4n) is 2.69. The number of anilines is 1. The van der Waals surface area contributed by atoms with Crippen LogP contribution >= 0.6 is 0 Å². The second kappa shape index (κ2) is 5.55. The van der Waals surface area contributed by atoms with E-state index >= 15 is 0 Å². The zero-order chi connectivity index (χ0) is 14.8. The van der Waals surface area contributed by atoms with Crippen LogP contribution in [0.25, 0.3) is 10.9 Å². The molecule has 3 rings (SSSR count). The second-order valence-electron chi connectivity index (χ2n) is 5.33. The standard InChI is InChI=1S/C15H17N3O3/c19-13-11-6-5-10(14(20)21)9-12(11)16-15(17-13)18-7-3-1-2-4-8-18/h5-6,9H,1-4,7-8H2,(H,20,21)(H,16,17,19). The van der Waals surface area contributed by atoms with Gasteiger partial charge in [-0.2, -0.15) is 0 Å². The predicted molar refractivity (Wildman–Crippen MR) is 80.0 cm³/mol. The monoisotopic (exact) mass is 287 g/mol. The number of rotatable bonds is 2. The molecule has 2 heterocycles. The Balaban J connectivity index is 2.07. The van der Waals surface area contributed by atoms with Crippen LogP contribution in [0.5, 0.6) is 0 Å². The van der Waals surface area contributed by atoms with Gasteiger partial charge in [-0.05, 0) is 31.0 Å². The van der Waals surface area contributed by atoms with Gasteiger partial charge >= 0.3 is 5.97 Å². The van der Waals surface area contributed by atoms with E-state index in [2.05, 4.69) is 14.9 Å². The SMILES string of the molecule is O=C(O)c1ccc2c(=O)[nH]c(N3CCCCCC3)nc2c1. The van der Waals surface area contributed by atoms with Gasteiger partial charge in [-0.1, -0.05) is 12.8 Å². The van der Waals surface area contributed by atoms with Crippen LogP contribution in [-0.4, -0.2) is 34.1 Å². The molecule has 1 fully saturated rings. The van der Waals surface area contributed by atoms with Gasteiger partial charge in [-0.3, -0.25) is 9.78 Å². The molecule has 21 heavy (non-hydrogen) atoms. The number of aromatic nitrogens is 2. The Kier molecular flexibility index (Phi) is 3.60. The predicted octanol–water partition coefficient (Wildman–Crippen LogP) is 2.00. The summed E-state index contributed by atoms with van der Waals surface area (Å²) in [5, 5.41) is 9.46. The topological polar surface area (TPSA) is 86.3 Å². The number of nitrogens with zero attached hydrogens (tertiary/aromatic N) is 2. The van der Waals surface area contributed by atoms with Crippen molar-refractivity contribution in [1.29, 1.82) is 0 Å². The fourth-order valence-corrected chi connectivity index (χ4v) is 2.69. The molecule has 2 aromatic rings. The van der Waals surface area contributed by atoms with E-state index in [9.17, 15) is 9.59 Å². The summed E-state index contributed by atoms with van der Waals surface area (Å²) in [6.45, 7) is 1.74. The molecule has 6 heteroatoms. The van der Waals surface area contributed by atoms with Crippen molar-refractivity contribution in [2.45, 2.75) is 25.7 Å². The maximum Gasteiger partial charge on any atom is 0.335 e. The highest BCUT2D eigenvalue weighted by molar-refractivity contribution is 5.93. The summed E-state index contributed by atoms with van der Waals surface area (Å²) in [7, 11) is 0. The van der Waals surface area contributed by atoms with E-state index < -0.39 is 5.97 Å². The van der Waals surface area contributed by atoms with E-state index in [0.717, 1.165) is 25.9 Å². The molecule has 2 N–H and O–H groups in total. The smallest absolute Gasteiger partial charge is 0.335 e. The summed E-state index contributed by atoms with van der Waals surface area (Å²) in [5.41, 5.74) is 0.344. The molecule has 1 aliphatic heterocycles. The number of aromatic carboxylic acids is 1. The number of hydrogen-bond donors (Lipinski definition) is 2. The first kappa shape index (κ1) is 13.6. The van der Waals surface area contributed by atoms with Crippen LogP contribution in [-0.2, 0) is 0 Å². The number of hydrogen-bond acceptors (Lipinski definition) is 4. The molecule has 0 atom stereocenters. The largest absolute Gasteiger partial charge is 0.478 e. The van der Waals surface area contributed by atoms with E-state index in [1.165, 1.54) is 31.0 Å². The quantitative estimate of drug-likeness (QED) is 0.882. The third kappa shape index (κ3) is 2.74. The Labute approximate surface area is 121 Å². The van der Waals surface area contributed by atoms with Crippen LogP contribution in [0.1, 0.15) is 36.0 Å². The first-order valence-electron chi connectivity index (χ1n) is 7.17. The lowest BCUT2D eigenvalue weighted by Crippen LogP contribution is -2.28. The number of H-pyrrole nitrogens is 1. The third-order valence-electron chi connectivity index (χ3n) is 3.85. The minimum atomic E-state index is -1.02. The van der Waals surface area contributed by atoms with E-state index in [1.807, 2.05) is 0 Å². The van der Waals surface area contributed by atoms with Gasteiger partial charge < -0.3 is 10.0 Å². The number of fused-ring (bicyclic) bond motifs is 1. The van der Waals surface area contributed by atoms with Crippen molar-refractivity contribution in [2.24, 2.45) is 0 Å². The lowest BCUT2D eigenvalue weighted by atomic mass is 10.1. The lowest BCUT2D eigenvalue weighted by Gasteiger charge is -2.20. The molecule has 1 saturated heterocycles. The number of nitrogens with one attached hydrogen (secondary N) is 1. The van der Waals surface area contributed by atoms with Crippen LogP contribution in [0.15, 0.2) is 23.0 Å². The first-order chi connectivity index (χ1) is 10.1. The molecular formula is C15H17N3O3. The Bertz CT molecular complexity index is 731. The van der Waals surface area contributed by atoms with Crippen LogP contribution in [0.4, 0.5) is 5.95 Å². The maximum absolute atomic E-state index is 12.1. The van der Waals surface area contributed by atoms with Crippen LogP contribution in [0.3, 0.4) is 0 Å². The van der Waals surface area contributed by atoms with E-state index in [0.29, 0.717) is 16.9 Å². The molecule has 0 spiro atoms. The highest BCUT2D eigenvalue weighted by Crippen LogP contribution is 2.17. The minimum Gasteiger partial charge on any atom is -0.478 e. The van der Waals surface area contributed by atoms with Gasteiger partial charge in [0.1, 0.15) is 0 Å². The summed E-state index contributed by atoms with van der Waals surface area (Å²) in [6.07, 6.45) is 4.54. The molecule has 0 radical (unpaired) electrons. The molecule has 1 aromatic carbocycles. The van der Waals surface area contributed by atoms with Gasteiger partial charge in [0.05, 0.1) is 16.5 Å². The third-order valence-corrected chi connectivity index (χ3v) is 3.85. The molecule has 1 aliphatic rings. The molecular weight excluding hydrogens is 270 g/mol. The zero-order valence-corrected chi connectivity index (χ0v) is 11.6. The molecule has 0 aliphatic carbocycles. The van der Waals surface area contributed by atoms with Crippen molar-refractivity contribution in [2.75, 3.05) is 18.0 Å².